The van der Waals surface area contributed by atoms with Crippen LogP contribution in [0.5, 0.6) is 0 Å². The first kappa shape index (κ1) is 7.47. The molecule has 5 heteroatoms. The molecule has 1 heterocycles. The van der Waals surface area contributed by atoms with Gasteiger partial charge in [0.15, 0.2) is 0 Å². The number of alkyl halides is 1. The molecule has 0 spiro atoms. The van der Waals surface area contributed by atoms with Crippen LogP contribution in [0, 0.1) is 0 Å². The molecule has 0 radical (unpaired) electrons. The Kier molecular flexibility index (Phi) is 3.15. The van der Waals surface area contributed by atoms with Crippen LogP contribution in [0.3, 0.4) is 0 Å². The van der Waals surface area contributed by atoms with Gasteiger partial charge in [-0.3, -0.25) is 0 Å². The molecule has 0 bridgehead atoms. The molecule has 1 rings (SSSR count). The number of aryl methyl sites for hydroxylation is 1. The summed E-state index contributed by atoms with van der Waals surface area (Å²) in [6, 6.07) is 0. The number of halogens is 1. The van der Waals surface area contributed by atoms with Crippen LogP contribution in [0.1, 0.15) is 12.8 Å². The molecule has 10 heavy (non-hydrogen) atoms. The number of tetrazole rings is 1. The molecule has 56 valence electrons. The molecule has 4 nitrogen and oxygen atoms in total. The number of hydrogen-bond acceptors (Lipinski definition) is 3. The van der Waals surface area contributed by atoms with Gasteiger partial charge in [0.25, 0.3) is 0 Å². The largest absolute Gasteiger partial charge is 0.233 e. The normalized spacial score (nSPS) is 10.1. The number of aromatic nitrogens is 4. The van der Waals surface area contributed by atoms with Gasteiger partial charge in [0.2, 0.25) is 0 Å². The third-order valence-electron chi connectivity index (χ3n) is 1.16. The number of rotatable bonds is 4. The van der Waals surface area contributed by atoms with Crippen LogP contribution in [0.4, 0.5) is 0 Å². The molecule has 0 aliphatic rings. The maximum Gasteiger partial charge on any atom is 0.138 e. The Morgan fingerprint density at radius 2 is 2.30 bits per heavy atom. The van der Waals surface area contributed by atoms with E-state index in [0.29, 0.717) is 5.88 Å². The summed E-state index contributed by atoms with van der Waals surface area (Å²) in [6.07, 6.45) is 3.66. The van der Waals surface area contributed by atoms with E-state index in [0.717, 1.165) is 19.4 Å². The molecule has 0 fully saturated rings. The van der Waals surface area contributed by atoms with Crippen molar-refractivity contribution in [3.8, 4) is 0 Å². The molecule has 0 atom stereocenters. The zero-order valence-corrected chi connectivity index (χ0v) is 6.33. The predicted molar refractivity (Wildman–Crippen MR) is 37.8 cm³/mol. The van der Waals surface area contributed by atoms with Crippen LogP contribution in [-0.4, -0.2) is 26.1 Å². The highest BCUT2D eigenvalue weighted by atomic mass is 35.5. The second kappa shape index (κ2) is 4.22. The minimum Gasteiger partial charge on any atom is -0.233 e. The Balaban J connectivity index is 2.15. The Hall–Kier alpha value is -0.640. The van der Waals surface area contributed by atoms with E-state index in [1.165, 1.54) is 0 Å². The van der Waals surface area contributed by atoms with E-state index in [-0.39, 0.29) is 0 Å². The average Bonchev–Trinajstić information content (AvgIpc) is 2.41. The highest BCUT2D eigenvalue weighted by molar-refractivity contribution is 6.17. The summed E-state index contributed by atoms with van der Waals surface area (Å²) in [7, 11) is 0. The van der Waals surface area contributed by atoms with Crippen LogP contribution >= 0.6 is 11.6 Å². The molecule has 1 aromatic heterocycles. The van der Waals surface area contributed by atoms with Crippen molar-refractivity contribution in [1.82, 2.24) is 20.2 Å². The maximum absolute atomic E-state index is 5.48. The van der Waals surface area contributed by atoms with Crippen LogP contribution in [0.15, 0.2) is 6.33 Å². The lowest BCUT2D eigenvalue weighted by atomic mass is 10.3. The van der Waals surface area contributed by atoms with Crippen molar-refractivity contribution in [1.29, 1.82) is 0 Å². The van der Waals surface area contributed by atoms with Crippen molar-refractivity contribution in [3.05, 3.63) is 6.33 Å². The fraction of sp³-hybridized carbons (Fsp3) is 0.800. The standard InChI is InChI=1S/C5H9ClN4/c6-3-1-2-4-10-5-7-8-9-10/h5H,1-4H2. The zero-order valence-electron chi connectivity index (χ0n) is 5.57. The van der Waals surface area contributed by atoms with E-state index >= 15 is 0 Å². The van der Waals surface area contributed by atoms with Gasteiger partial charge in [-0.15, -0.1) is 16.7 Å². The maximum atomic E-state index is 5.48. The molecule has 0 unspecified atom stereocenters. The molecule has 0 aliphatic carbocycles. The van der Waals surface area contributed by atoms with Crippen molar-refractivity contribution in [3.63, 3.8) is 0 Å². The summed E-state index contributed by atoms with van der Waals surface area (Å²) < 4.78 is 1.70. The number of hydrogen-bond donors (Lipinski definition) is 0. The first-order chi connectivity index (χ1) is 4.93. The van der Waals surface area contributed by atoms with Crippen molar-refractivity contribution >= 4 is 11.6 Å². The molecule has 0 N–H and O–H groups in total. The van der Waals surface area contributed by atoms with Crippen LogP contribution < -0.4 is 0 Å². The van der Waals surface area contributed by atoms with E-state index in [1.54, 1.807) is 11.0 Å². The second-order valence-corrected chi connectivity index (χ2v) is 2.35. The molecular weight excluding hydrogens is 152 g/mol. The Morgan fingerprint density at radius 1 is 1.40 bits per heavy atom. The van der Waals surface area contributed by atoms with Gasteiger partial charge in [-0.05, 0) is 23.3 Å². The molecule has 1 aromatic rings. The van der Waals surface area contributed by atoms with Crippen molar-refractivity contribution in [2.24, 2.45) is 0 Å². The third kappa shape index (κ3) is 2.31. The fourth-order valence-corrected chi connectivity index (χ4v) is 0.840. The molecule has 0 aromatic carbocycles. The van der Waals surface area contributed by atoms with Crippen molar-refractivity contribution < 1.29 is 0 Å². The monoisotopic (exact) mass is 160 g/mol. The van der Waals surface area contributed by atoms with Gasteiger partial charge < -0.3 is 0 Å². The topological polar surface area (TPSA) is 43.6 Å². The van der Waals surface area contributed by atoms with E-state index in [9.17, 15) is 0 Å². The first-order valence-electron chi connectivity index (χ1n) is 3.20. The van der Waals surface area contributed by atoms with E-state index < -0.39 is 0 Å². The van der Waals surface area contributed by atoms with E-state index in [2.05, 4.69) is 15.5 Å². The summed E-state index contributed by atoms with van der Waals surface area (Å²) in [5.74, 6) is 0.710. The first-order valence-corrected chi connectivity index (χ1v) is 3.73. The SMILES string of the molecule is ClCCCCn1cnnn1. The predicted octanol–water partition coefficient (Wildman–Crippen LogP) is 0.692. The number of unbranched alkanes of at least 4 members (excludes halogenated alkanes) is 1. The fourth-order valence-electron chi connectivity index (χ4n) is 0.651. The van der Waals surface area contributed by atoms with Gasteiger partial charge in [0.1, 0.15) is 6.33 Å². The Bertz CT molecular complexity index is 162. The third-order valence-corrected chi connectivity index (χ3v) is 1.43. The molecular formula is C5H9ClN4. The van der Waals surface area contributed by atoms with Gasteiger partial charge in [-0.25, -0.2) is 4.68 Å². The summed E-state index contributed by atoms with van der Waals surface area (Å²) in [5.41, 5.74) is 0. The smallest absolute Gasteiger partial charge is 0.138 e. The minimum atomic E-state index is 0.710. The van der Waals surface area contributed by atoms with Crippen LogP contribution in [-0.2, 0) is 6.54 Å². The lowest BCUT2D eigenvalue weighted by Crippen LogP contribution is -1.98. The molecule has 0 amide bonds. The minimum absolute atomic E-state index is 0.710. The van der Waals surface area contributed by atoms with Gasteiger partial charge in [-0.1, -0.05) is 0 Å². The summed E-state index contributed by atoms with van der Waals surface area (Å²) in [5, 5.41) is 10.7. The Labute approximate surface area is 64.2 Å². The number of nitrogens with zero attached hydrogens (tertiary/aromatic N) is 4. The zero-order chi connectivity index (χ0) is 7.23. The van der Waals surface area contributed by atoms with E-state index in [4.69, 9.17) is 11.6 Å². The van der Waals surface area contributed by atoms with Gasteiger partial charge in [0, 0.05) is 12.4 Å². The molecule has 0 saturated carbocycles. The lowest BCUT2D eigenvalue weighted by Gasteiger charge is -1.94. The van der Waals surface area contributed by atoms with Crippen LogP contribution in [0.25, 0.3) is 0 Å². The highest BCUT2D eigenvalue weighted by Gasteiger charge is 1.90. The quantitative estimate of drug-likeness (QED) is 0.481. The summed E-state index contributed by atoms with van der Waals surface area (Å²) in [4.78, 5) is 0. The lowest BCUT2D eigenvalue weighted by molar-refractivity contribution is 0.554. The van der Waals surface area contributed by atoms with Gasteiger partial charge in [-0.2, -0.15) is 0 Å². The Morgan fingerprint density at radius 3 is 2.90 bits per heavy atom. The molecule has 0 saturated heterocycles. The summed E-state index contributed by atoms with van der Waals surface area (Å²) in [6.45, 7) is 0.861. The second-order valence-electron chi connectivity index (χ2n) is 1.97. The van der Waals surface area contributed by atoms with Crippen molar-refractivity contribution in [2.75, 3.05) is 5.88 Å². The van der Waals surface area contributed by atoms with Gasteiger partial charge >= 0.3 is 0 Å². The molecule has 0 aliphatic heterocycles. The van der Waals surface area contributed by atoms with Crippen LogP contribution in [0.2, 0.25) is 0 Å². The average molecular weight is 161 g/mol. The van der Waals surface area contributed by atoms with E-state index in [1.807, 2.05) is 0 Å². The summed E-state index contributed by atoms with van der Waals surface area (Å²) >= 11 is 5.48. The van der Waals surface area contributed by atoms with Gasteiger partial charge in [0.05, 0.1) is 0 Å². The highest BCUT2D eigenvalue weighted by Crippen LogP contribution is 1.93. The van der Waals surface area contributed by atoms with Crippen molar-refractivity contribution in [2.45, 2.75) is 19.4 Å².